The Morgan fingerprint density at radius 3 is 2.53 bits per heavy atom. The van der Waals surface area contributed by atoms with Gasteiger partial charge in [0.15, 0.2) is 0 Å². The minimum absolute atomic E-state index is 0.620. The highest BCUT2D eigenvalue weighted by molar-refractivity contribution is 6.59. The van der Waals surface area contributed by atoms with Crippen molar-refractivity contribution in [2.75, 3.05) is 19.6 Å². The number of nitrogens with zero attached hydrogens (tertiary/aromatic N) is 2. The predicted molar refractivity (Wildman–Crippen MR) is 64.2 cm³/mol. The summed E-state index contributed by atoms with van der Waals surface area (Å²) in [4.78, 5) is 0. The first-order chi connectivity index (χ1) is 7.19. The zero-order valence-electron chi connectivity index (χ0n) is 9.79. The Morgan fingerprint density at radius 2 is 2.13 bits per heavy atom. The van der Waals surface area contributed by atoms with E-state index in [0.717, 1.165) is 18.6 Å². The van der Waals surface area contributed by atoms with Gasteiger partial charge >= 0.3 is 0 Å². The maximum absolute atomic E-state index is 5.78. The Kier molecular flexibility index (Phi) is 3.05. The number of hydrogen-bond acceptors (Lipinski definition) is 3. The fourth-order valence-corrected chi connectivity index (χ4v) is 2.56. The molecule has 2 rings (SSSR count). The van der Waals surface area contributed by atoms with Gasteiger partial charge in [-0.15, -0.1) is 0 Å². The highest BCUT2D eigenvalue weighted by Gasteiger charge is 2.50. The SMILES string of the molecule is [B]/C(CC)=N/N(CC)C1CC2(CNC2)C1. The highest BCUT2D eigenvalue weighted by atomic mass is 15.5. The maximum Gasteiger partial charge on any atom is 0.137 e. The van der Waals surface area contributed by atoms with E-state index in [4.69, 9.17) is 7.85 Å². The molecule has 1 saturated carbocycles. The van der Waals surface area contributed by atoms with Gasteiger partial charge in [-0.25, -0.2) is 0 Å². The minimum atomic E-state index is 0.620. The molecule has 3 nitrogen and oxygen atoms in total. The summed E-state index contributed by atoms with van der Waals surface area (Å²) in [5.41, 5.74) is 1.37. The quantitative estimate of drug-likeness (QED) is 0.420. The lowest BCUT2D eigenvalue weighted by atomic mass is 9.61. The van der Waals surface area contributed by atoms with E-state index in [0.29, 0.717) is 11.5 Å². The van der Waals surface area contributed by atoms with E-state index in [1.165, 1.54) is 25.9 Å². The standard InChI is InChI=1S/C11H20BN3/c1-3-10(12)14-15(4-2)9-5-11(6-9)7-13-8-11/h9,13H,3-8H2,1-2H3/b14-10+. The van der Waals surface area contributed by atoms with Crippen LogP contribution in [0.1, 0.15) is 33.1 Å². The first kappa shape index (κ1) is 11.0. The summed E-state index contributed by atoms with van der Waals surface area (Å²) in [6.07, 6.45) is 3.42. The van der Waals surface area contributed by atoms with E-state index in [1.807, 2.05) is 6.92 Å². The normalized spacial score (nSPS) is 24.8. The Hall–Kier alpha value is -0.505. The lowest BCUT2D eigenvalue weighted by molar-refractivity contribution is -0.0332. The van der Waals surface area contributed by atoms with Gasteiger partial charge in [-0.2, -0.15) is 5.10 Å². The second-order valence-electron chi connectivity index (χ2n) is 4.87. The van der Waals surface area contributed by atoms with Gasteiger partial charge in [0.2, 0.25) is 0 Å². The van der Waals surface area contributed by atoms with E-state index >= 15 is 0 Å². The van der Waals surface area contributed by atoms with Crippen molar-refractivity contribution in [1.29, 1.82) is 0 Å². The molecule has 0 unspecified atom stereocenters. The fraction of sp³-hybridized carbons (Fsp3) is 0.909. The molecular formula is C11H20BN3. The third kappa shape index (κ3) is 2.05. The zero-order chi connectivity index (χ0) is 10.9. The molecule has 0 aromatic carbocycles. The second-order valence-corrected chi connectivity index (χ2v) is 4.87. The molecule has 82 valence electrons. The van der Waals surface area contributed by atoms with Crippen molar-refractivity contribution in [3.63, 3.8) is 0 Å². The van der Waals surface area contributed by atoms with E-state index in [2.05, 4.69) is 22.4 Å². The minimum Gasteiger partial charge on any atom is -0.316 e. The average molecular weight is 205 g/mol. The van der Waals surface area contributed by atoms with Crippen molar-refractivity contribution < 1.29 is 0 Å². The van der Waals surface area contributed by atoms with Crippen LogP contribution < -0.4 is 5.32 Å². The number of hydrazone groups is 1. The van der Waals surface area contributed by atoms with Gasteiger partial charge in [-0.1, -0.05) is 6.92 Å². The maximum atomic E-state index is 5.78. The van der Waals surface area contributed by atoms with Crippen LogP contribution in [0.4, 0.5) is 0 Å². The smallest absolute Gasteiger partial charge is 0.137 e. The first-order valence-corrected chi connectivity index (χ1v) is 5.99. The monoisotopic (exact) mass is 205 g/mol. The topological polar surface area (TPSA) is 27.6 Å². The van der Waals surface area contributed by atoms with Crippen LogP contribution in [0.5, 0.6) is 0 Å². The average Bonchev–Trinajstić information content (AvgIpc) is 2.11. The van der Waals surface area contributed by atoms with E-state index in [-0.39, 0.29) is 0 Å². The molecule has 15 heavy (non-hydrogen) atoms. The van der Waals surface area contributed by atoms with Gasteiger partial charge in [-0.05, 0) is 37.2 Å². The molecular weight excluding hydrogens is 185 g/mol. The summed E-state index contributed by atoms with van der Waals surface area (Å²) in [5.74, 6) is 0. The number of rotatable bonds is 4. The number of hydrogen-bond donors (Lipinski definition) is 1. The highest BCUT2D eigenvalue weighted by Crippen LogP contribution is 2.46. The van der Waals surface area contributed by atoms with Crippen LogP contribution in [0, 0.1) is 5.41 Å². The van der Waals surface area contributed by atoms with Crippen molar-refractivity contribution in [3.8, 4) is 0 Å². The van der Waals surface area contributed by atoms with Crippen LogP contribution >= 0.6 is 0 Å². The predicted octanol–water partition coefficient (Wildman–Crippen LogP) is 0.952. The third-order valence-corrected chi connectivity index (χ3v) is 3.70. The largest absolute Gasteiger partial charge is 0.316 e. The molecule has 0 bridgehead atoms. The van der Waals surface area contributed by atoms with Gasteiger partial charge < -0.3 is 5.32 Å². The lowest BCUT2D eigenvalue weighted by Crippen LogP contribution is -2.64. The molecule has 1 saturated heterocycles. The molecule has 0 atom stereocenters. The van der Waals surface area contributed by atoms with Crippen LogP contribution in [-0.2, 0) is 0 Å². The van der Waals surface area contributed by atoms with Gasteiger partial charge in [0, 0.05) is 25.7 Å². The summed E-state index contributed by atoms with van der Waals surface area (Å²) in [6.45, 7) is 7.57. The molecule has 0 amide bonds. The molecule has 1 N–H and O–H groups in total. The first-order valence-electron chi connectivity index (χ1n) is 5.99. The van der Waals surface area contributed by atoms with Crippen LogP contribution in [0.3, 0.4) is 0 Å². The van der Waals surface area contributed by atoms with Crippen molar-refractivity contribution in [2.24, 2.45) is 10.5 Å². The van der Waals surface area contributed by atoms with Crippen molar-refractivity contribution in [2.45, 2.75) is 39.2 Å². The summed E-state index contributed by atoms with van der Waals surface area (Å²) in [5, 5.41) is 9.99. The molecule has 0 aromatic rings. The molecule has 2 radical (unpaired) electrons. The lowest BCUT2D eigenvalue weighted by Gasteiger charge is -2.56. The molecule has 2 aliphatic rings. The van der Waals surface area contributed by atoms with E-state index < -0.39 is 0 Å². The molecule has 1 aliphatic heterocycles. The van der Waals surface area contributed by atoms with Crippen LogP contribution in [0.25, 0.3) is 0 Å². The summed E-state index contributed by atoms with van der Waals surface area (Å²) < 4.78 is 0. The summed E-state index contributed by atoms with van der Waals surface area (Å²) in [7, 11) is 5.78. The van der Waals surface area contributed by atoms with Crippen LogP contribution in [0.2, 0.25) is 0 Å². The molecule has 2 fully saturated rings. The number of nitrogens with one attached hydrogen (secondary N) is 1. The molecule has 0 aromatic heterocycles. The molecule has 1 aliphatic carbocycles. The molecule has 4 heteroatoms. The zero-order valence-corrected chi connectivity index (χ0v) is 9.79. The second kappa shape index (κ2) is 4.16. The van der Waals surface area contributed by atoms with Gasteiger partial charge in [0.25, 0.3) is 0 Å². The Labute approximate surface area is 93.7 Å². The van der Waals surface area contributed by atoms with Crippen molar-refractivity contribution in [1.82, 2.24) is 10.3 Å². The molecule has 1 spiro atoms. The van der Waals surface area contributed by atoms with E-state index in [1.54, 1.807) is 0 Å². The summed E-state index contributed by atoms with van der Waals surface area (Å²) >= 11 is 0. The van der Waals surface area contributed by atoms with Gasteiger partial charge in [0.05, 0.1) is 0 Å². The fourth-order valence-electron chi connectivity index (χ4n) is 2.56. The van der Waals surface area contributed by atoms with Crippen molar-refractivity contribution in [3.05, 3.63) is 0 Å². The third-order valence-electron chi connectivity index (χ3n) is 3.70. The Bertz CT molecular complexity index is 253. The van der Waals surface area contributed by atoms with Crippen LogP contribution in [0.15, 0.2) is 5.10 Å². The van der Waals surface area contributed by atoms with E-state index in [9.17, 15) is 0 Å². The Balaban J connectivity index is 1.86. The van der Waals surface area contributed by atoms with Gasteiger partial charge in [0.1, 0.15) is 7.85 Å². The van der Waals surface area contributed by atoms with Crippen LogP contribution in [-0.4, -0.2) is 44.1 Å². The molecule has 1 heterocycles. The Morgan fingerprint density at radius 1 is 1.47 bits per heavy atom. The summed E-state index contributed by atoms with van der Waals surface area (Å²) in [6, 6.07) is 0.627. The van der Waals surface area contributed by atoms with Gasteiger partial charge in [-0.3, -0.25) is 5.01 Å². The van der Waals surface area contributed by atoms with Crippen molar-refractivity contribution >= 4 is 13.5 Å².